The Morgan fingerprint density at radius 2 is 1.62 bits per heavy atom. The first-order valence-electron chi connectivity index (χ1n) is 7.65. The van der Waals surface area contributed by atoms with E-state index in [4.69, 9.17) is 5.14 Å². The van der Waals surface area contributed by atoms with Gasteiger partial charge in [-0.15, -0.1) is 0 Å². The summed E-state index contributed by atoms with van der Waals surface area (Å²) < 4.78 is 51.4. The Morgan fingerprint density at radius 3 is 2.27 bits per heavy atom. The lowest BCUT2D eigenvalue weighted by molar-refractivity contribution is 0.565. The highest BCUT2D eigenvalue weighted by Crippen LogP contribution is 2.22. The van der Waals surface area contributed by atoms with E-state index in [1.54, 1.807) is 55.6 Å². The Morgan fingerprint density at radius 1 is 1.00 bits per heavy atom. The second kappa shape index (κ2) is 6.80. The Balaban J connectivity index is 1.79. The van der Waals surface area contributed by atoms with Crippen LogP contribution < -0.4 is 9.86 Å². The van der Waals surface area contributed by atoms with E-state index in [2.05, 4.69) is 9.82 Å². The number of hydrogen-bond donors (Lipinski definition) is 2. The molecular weight excluding hydrogens is 376 g/mol. The number of rotatable bonds is 6. The molecule has 0 radical (unpaired) electrons. The molecule has 0 unspecified atom stereocenters. The van der Waals surface area contributed by atoms with Gasteiger partial charge in [0.1, 0.15) is 0 Å². The summed E-state index contributed by atoms with van der Waals surface area (Å²) in [6.45, 7) is 0.0670. The summed E-state index contributed by atoms with van der Waals surface area (Å²) in [4.78, 5) is 0. The molecule has 0 saturated heterocycles. The van der Waals surface area contributed by atoms with Gasteiger partial charge in [-0.05, 0) is 23.3 Å². The molecule has 0 amide bonds. The Hall–Kier alpha value is -2.27. The van der Waals surface area contributed by atoms with Crippen LogP contribution in [-0.2, 0) is 39.4 Å². The van der Waals surface area contributed by atoms with Crippen molar-refractivity contribution < 1.29 is 16.8 Å². The molecule has 0 aliphatic heterocycles. The first kappa shape index (κ1) is 18.5. The van der Waals surface area contributed by atoms with E-state index in [-0.39, 0.29) is 17.3 Å². The van der Waals surface area contributed by atoms with Gasteiger partial charge in [0.25, 0.3) is 10.0 Å². The lowest BCUT2D eigenvalue weighted by Gasteiger charge is -2.08. The van der Waals surface area contributed by atoms with Crippen molar-refractivity contribution in [3.63, 3.8) is 0 Å². The van der Waals surface area contributed by atoms with E-state index >= 15 is 0 Å². The lowest BCUT2D eigenvalue weighted by Crippen LogP contribution is -2.25. The quantitative estimate of drug-likeness (QED) is 0.641. The summed E-state index contributed by atoms with van der Waals surface area (Å²) in [5, 5.41) is 9.86. The van der Waals surface area contributed by atoms with Crippen molar-refractivity contribution in [1.82, 2.24) is 14.5 Å². The van der Waals surface area contributed by atoms with Crippen molar-refractivity contribution in [2.75, 3.05) is 0 Å². The number of benzene rings is 2. The fourth-order valence-electron chi connectivity index (χ4n) is 2.67. The van der Waals surface area contributed by atoms with Crippen LogP contribution in [0.5, 0.6) is 0 Å². The van der Waals surface area contributed by atoms with Crippen LogP contribution in [0.2, 0.25) is 0 Å². The highest BCUT2D eigenvalue weighted by molar-refractivity contribution is 7.89. The highest BCUT2D eigenvalue weighted by Gasteiger charge is 2.22. The zero-order valence-corrected chi connectivity index (χ0v) is 15.6. The number of nitrogens with one attached hydrogen (secondary N) is 1. The van der Waals surface area contributed by atoms with Gasteiger partial charge in [0.2, 0.25) is 10.0 Å². The van der Waals surface area contributed by atoms with Gasteiger partial charge in [0.05, 0.1) is 11.3 Å². The van der Waals surface area contributed by atoms with Gasteiger partial charge < -0.3 is 0 Å². The fraction of sp³-hybridized carbons (Fsp3) is 0.188. The minimum absolute atomic E-state index is 0.0670. The number of aromatic nitrogens is 2. The standard InChI is InChI=1S/C16H18N4O4S2/c1-20-16(14-4-2-3-5-15(14)19-20)26(23,24)18-10-12-6-8-13(9-7-12)11-25(17,21)22/h2-9,18H,10-11H2,1H3,(H2,17,21,22). The summed E-state index contributed by atoms with van der Waals surface area (Å²) in [5.74, 6) is -0.264. The molecule has 3 N–H and O–H groups in total. The van der Waals surface area contributed by atoms with E-state index in [0.29, 0.717) is 22.0 Å². The zero-order valence-electron chi connectivity index (χ0n) is 14.0. The SMILES string of the molecule is Cn1nc2ccccc2c1S(=O)(=O)NCc1ccc(CS(N)(=O)=O)cc1. The Kier molecular flexibility index (Phi) is 4.84. The van der Waals surface area contributed by atoms with Gasteiger partial charge in [0, 0.05) is 19.0 Å². The molecule has 8 nitrogen and oxygen atoms in total. The average molecular weight is 394 g/mol. The van der Waals surface area contributed by atoms with Crippen molar-refractivity contribution in [3.05, 3.63) is 59.7 Å². The van der Waals surface area contributed by atoms with Crippen molar-refractivity contribution in [1.29, 1.82) is 0 Å². The van der Waals surface area contributed by atoms with Crippen molar-refractivity contribution >= 4 is 30.9 Å². The molecule has 3 aromatic rings. The molecule has 1 aromatic heterocycles. The van der Waals surface area contributed by atoms with Crippen LogP contribution in [0.25, 0.3) is 10.9 Å². The van der Waals surface area contributed by atoms with Gasteiger partial charge in [0.15, 0.2) is 5.03 Å². The summed E-state index contributed by atoms with van der Waals surface area (Å²) >= 11 is 0. The molecular formula is C16H18N4O4S2. The number of nitrogens with two attached hydrogens (primary N) is 1. The van der Waals surface area contributed by atoms with E-state index in [9.17, 15) is 16.8 Å². The third-order valence-corrected chi connectivity index (χ3v) is 6.05. The third-order valence-electron chi connectivity index (χ3n) is 3.80. The monoisotopic (exact) mass is 394 g/mol. The minimum Gasteiger partial charge on any atom is -0.255 e. The van der Waals surface area contributed by atoms with Gasteiger partial charge in [-0.1, -0.05) is 36.4 Å². The largest absolute Gasteiger partial charge is 0.258 e. The van der Waals surface area contributed by atoms with Gasteiger partial charge >= 0.3 is 0 Å². The molecule has 26 heavy (non-hydrogen) atoms. The smallest absolute Gasteiger partial charge is 0.255 e. The molecule has 0 aliphatic rings. The molecule has 0 saturated carbocycles. The van der Waals surface area contributed by atoms with E-state index in [1.165, 1.54) is 4.68 Å². The van der Waals surface area contributed by atoms with Crippen molar-refractivity contribution in [3.8, 4) is 0 Å². The molecule has 0 atom stereocenters. The zero-order chi connectivity index (χ0) is 18.9. The van der Waals surface area contributed by atoms with Crippen LogP contribution >= 0.6 is 0 Å². The fourth-order valence-corrected chi connectivity index (χ4v) is 4.68. The summed E-state index contributed by atoms with van der Waals surface area (Å²) in [5.41, 5.74) is 1.83. The Bertz CT molecular complexity index is 1150. The first-order valence-corrected chi connectivity index (χ1v) is 10.9. The second-order valence-corrected chi connectivity index (χ2v) is 9.19. The van der Waals surface area contributed by atoms with E-state index < -0.39 is 20.0 Å². The number of sulfonamides is 2. The predicted molar refractivity (Wildman–Crippen MR) is 98.0 cm³/mol. The number of hydrogen-bond acceptors (Lipinski definition) is 5. The molecule has 138 valence electrons. The maximum absolute atomic E-state index is 12.7. The third kappa shape index (κ3) is 4.10. The van der Waals surface area contributed by atoms with E-state index in [1.807, 2.05) is 0 Å². The minimum atomic E-state index is -3.78. The van der Waals surface area contributed by atoms with Crippen LogP contribution in [0.15, 0.2) is 53.6 Å². The maximum atomic E-state index is 12.7. The molecule has 0 aliphatic carbocycles. The van der Waals surface area contributed by atoms with Crippen molar-refractivity contribution in [2.45, 2.75) is 17.3 Å². The number of aryl methyl sites for hydroxylation is 1. The normalized spacial score (nSPS) is 12.5. The highest BCUT2D eigenvalue weighted by atomic mass is 32.2. The Labute approximate surface area is 151 Å². The van der Waals surface area contributed by atoms with Gasteiger partial charge in [-0.2, -0.15) is 5.10 Å². The molecule has 3 rings (SSSR count). The van der Waals surface area contributed by atoms with Crippen LogP contribution in [0.1, 0.15) is 11.1 Å². The molecule has 1 heterocycles. The summed E-state index contributed by atoms with van der Waals surface area (Å²) in [7, 11) is -5.80. The summed E-state index contributed by atoms with van der Waals surface area (Å²) in [6.07, 6.45) is 0. The number of primary sulfonamides is 1. The molecule has 2 aromatic carbocycles. The topological polar surface area (TPSA) is 124 Å². The predicted octanol–water partition coefficient (Wildman–Crippen LogP) is 0.840. The first-order chi connectivity index (χ1) is 12.2. The van der Waals surface area contributed by atoms with Crippen LogP contribution in [-0.4, -0.2) is 26.6 Å². The van der Waals surface area contributed by atoms with Gasteiger partial charge in [-0.25, -0.2) is 26.7 Å². The van der Waals surface area contributed by atoms with Crippen LogP contribution in [0.3, 0.4) is 0 Å². The number of nitrogens with zero attached hydrogens (tertiary/aromatic N) is 2. The second-order valence-electron chi connectivity index (χ2n) is 5.89. The maximum Gasteiger partial charge on any atom is 0.258 e. The van der Waals surface area contributed by atoms with Crippen LogP contribution in [0, 0.1) is 0 Å². The van der Waals surface area contributed by atoms with Gasteiger partial charge in [-0.3, -0.25) is 4.68 Å². The molecule has 0 spiro atoms. The molecule has 0 fully saturated rings. The molecule has 10 heteroatoms. The number of fused-ring (bicyclic) bond motifs is 1. The van der Waals surface area contributed by atoms with Crippen molar-refractivity contribution in [2.24, 2.45) is 12.2 Å². The average Bonchev–Trinajstić information content (AvgIpc) is 2.89. The van der Waals surface area contributed by atoms with E-state index in [0.717, 1.165) is 0 Å². The van der Waals surface area contributed by atoms with Crippen LogP contribution in [0.4, 0.5) is 0 Å². The lowest BCUT2D eigenvalue weighted by atomic mass is 10.1. The summed E-state index contributed by atoms with van der Waals surface area (Å²) in [6, 6.07) is 13.5. The molecule has 0 bridgehead atoms.